The van der Waals surface area contributed by atoms with Crippen molar-refractivity contribution in [2.45, 2.75) is 38.6 Å². The van der Waals surface area contributed by atoms with Crippen LogP contribution in [-0.4, -0.2) is 17.7 Å². The summed E-state index contributed by atoms with van der Waals surface area (Å²) in [7, 11) is 0. The monoisotopic (exact) mass is 319 g/mol. The molecule has 2 aromatic rings. The fourth-order valence-corrected chi connectivity index (χ4v) is 3.95. The Labute approximate surface area is 142 Å². The van der Waals surface area contributed by atoms with E-state index in [1.165, 1.54) is 19.3 Å². The molecule has 1 amide bonds. The molecule has 0 bridgehead atoms. The second-order valence-corrected chi connectivity index (χ2v) is 6.98. The standard InChI is InChI=1S/C21H21NO2/c1-13-6-2-5-9-19(13)22-21(24)14-10-11-16-15-7-3-4-8-17(15)20(23)18(16)12-14/h3-4,7-8,10-13,19H,2,5-6,9H2,1H3,(H,22,24). The SMILES string of the molecule is CC1CCCCC1NC(=O)c1ccc2c(c1)C(=O)c1ccccc1-2. The molecular formula is C21H21NO2. The van der Waals surface area contributed by atoms with E-state index in [9.17, 15) is 9.59 Å². The quantitative estimate of drug-likeness (QED) is 0.769. The summed E-state index contributed by atoms with van der Waals surface area (Å²) in [6.07, 6.45) is 4.64. The number of amides is 1. The number of hydrogen-bond donors (Lipinski definition) is 1. The Hall–Kier alpha value is -2.42. The number of carbonyl (C=O) groups is 2. The van der Waals surface area contributed by atoms with E-state index in [4.69, 9.17) is 0 Å². The van der Waals surface area contributed by atoms with Crippen LogP contribution in [0.3, 0.4) is 0 Å². The Morgan fingerprint density at radius 2 is 1.67 bits per heavy atom. The van der Waals surface area contributed by atoms with Crippen LogP contribution in [0, 0.1) is 5.92 Å². The van der Waals surface area contributed by atoms with Crippen molar-refractivity contribution < 1.29 is 9.59 Å². The molecular weight excluding hydrogens is 298 g/mol. The molecule has 0 saturated heterocycles. The average molecular weight is 319 g/mol. The Morgan fingerprint density at radius 1 is 0.958 bits per heavy atom. The normalized spacial score (nSPS) is 22.0. The lowest BCUT2D eigenvalue weighted by Gasteiger charge is -2.29. The number of hydrogen-bond acceptors (Lipinski definition) is 2. The summed E-state index contributed by atoms with van der Waals surface area (Å²) in [5, 5.41) is 3.16. The lowest BCUT2D eigenvalue weighted by Crippen LogP contribution is -2.41. The van der Waals surface area contributed by atoms with Crippen LogP contribution >= 0.6 is 0 Å². The number of ketones is 1. The molecule has 24 heavy (non-hydrogen) atoms. The second kappa shape index (κ2) is 5.90. The molecule has 2 unspecified atom stereocenters. The van der Waals surface area contributed by atoms with E-state index in [2.05, 4.69) is 12.2 Å². The lowest BCUT2D eigenvalue weighted by molar-refractivity contribution is 0.0910. The largest absolute Gasteiger partial charge is 0.349 e. The van der Waals surface area contributed by atoms with Crippen molar-refractivity contribution in [3.05, 3.63) is 59.2 Å². The Balaban J connectivity index is 1.60. The molecule has 2 aliphatic rings. The van der Waals surface area contributed by atoms with Crippen molar-refractivity contribution in [2.24, 2.45) is 5.92 Å². The van der Waals surface area contributed by atoms with Crippen LogP contribution in [0.5, 0.6) is 0 Å². The zero-order valence-corrected chi connectivity index (χ0v) is 13.8. The Morgan fingerprint density at radius 3 is 2.46 bits per heavy atom. The van der Waals surface area contributed by atoms with E-state index in [1.807, 2.05) is 36.4 Å². The van der Waals surface area contributed by atoms with Crippen LogP contribution in [-0.2, 0) is 0 Å². The summed E-state index contributed by atoms with van der Waals surface area (Å²) < 4.78 is 0. The zero-order valence-electron chi connectivity index (χ0n) is 13.8. The summed E-state index contributed by atoms with van der Waals surface area (Å²) >= 11 is 0. The molecule has 2 aliphatic carbocycles. The first-order valence-corrected chi connectivity index (χ1v) is 8.74. The van der Waals surface area contributed by atoms with Crippen molar-refractivity contribution in [3.8, 4) is 11.1 Å². The van der Waals surface area contributed by atoms with E-state index in [1.54, 1.807) is 6.07 Å². The van der Waals surface area contributed by atoms with Gasteiger partial charge in [0.05, 0.1) is 0 Å². The predicted octanol–water partition coefficient (Wildman–Crippen LogP) is 4.21. The molecule has 0 radical (unpaired) electrons. The fraction of sp³-hybridized carbons (Fsp3) is 0.333. The smallest absolute Gasteiger partial charge is 0.251 e. The van der Waals surface area contributed by atoms with E-state index in [0.717, 1.165) is 23.1 Å². The molecule has 3 heteroatoms. The molecule has 0 spiro atoms. The first-order valence-electron chi connectivity index (χ1n) is 8.74. The van der Waals surface area contributed by atoms with Crippen LogP contribution in [0.1, 0.15) is 58.9 Å². The molecule has 1 fully saturated rings. The third-order valence-electron chi connectivity index (χ3n) is 5.42. The van der Waals surface area contributed by atoms with Gasteiger partial charge < -0.3 is 5.32 Å². The summed E-state index contributed by atoms with van der Waals surface area (Å²) in [4.78, 5) is 25.2. The molecule has 1 N–H and O–H groups in total. The van der Waals surface area contributed by atoms with Gasteiger partial charge in [-0.2, -0.15) is 0 Å². The van der Waals surface area contributed by atoms with Gasteiger partial charge in [0.1, 0.15) is 0 Å². The van der Waals surface area contributed by atoms with Crippen LogP contribution in [0.2, 0.25) is 0 Å². The second-order valence-electron chi connectivity index (χ2n) is 6.98. The Bertz CT molecular complexity index is 824. The van der Waals surface area contributed by atoms with Gasteiger partial charge in [0.15, 0.2) is 5.78 Å². The van der Waals surface area contributed by atoms with Gasteiger partial charge in [-0.05, 0) is 42.0 Å². The summed E-state index contributed by atoms with van der Waals surface area (Å²) in [6.45, 7) is 2.20. The highest BCUT2D eigenvalue weighted by Gasteiger charge is 2.28. The van der Waals surface area contributed by atoms with Crippen LogP contribution < -0.4 is 5.32 Å². The van der Waals surface area contributed by atoms with Gasteiger partial charge in [-0.25, -0.2) is 0 Å². The van der Waals surface area contributed by atoms with Crippen molar-refractivity contribution in [2.75, 3.05) is 0 Å². The number of carbonyl (C=O) groups excluding carboxylic acids is 2. The van der Waals surface area contributed by atoms with Crippen LogP contribution in [0.4, 0.5) is 0 Å². The Kier molecular flexibility index (Phi) is 3.72. The van der Waals surface area contributed by atoms with E-state index >= 15 is 0 Å². The van der Waals surface area contributed by atoms with Gasteiger partial charge in [-0.3, -0.25) is 9.59 Å². The zero-order chi connectivity index (χ0) is 16.7. The number of benzene rings is 2. The van der Waals surface area contributed by atoms with Crippen LogP contribution in [0.25, 0.3) is 11.1 Å². The summed E-state index contributed by atoms with van der Waals surface area (Å²) in [5.41, 5.74) is 3.84. The minimum Gasteiger partial charge on any atom is -0.349 e. The average Bonchev–Trinajstić information content (AvgIpc) is 2.90. The fourth-order valence-electron chi connectivity index (χ4n) is 3.95. The van der Waals surface area contributed by atoms with Gasteiger partial charge in [-0.15, -0.1) is 0 Å². The summed E-state index contributed by atoms with van der Waals surface area (Å²) in [6, 6.07) is 13.3. The highest BCUT2D eigenvalue weighted by molar-refractivity contribution is 6.22. The molecule has 0 heterocycles. The maximum Gasteiger partial charge on any atom is 0.251 e. The van der Waals surface area contributed by atoms with E-state index in [-0.39, 0.29) is 17.7 Å². The first-order chi connectivity index (χ1) is 11.6. The summed E-state index contributed by atoms with van der Waals surface area (Å²) in [5.74, 6) is 0.463. The highest BCUT2D eigenvalue weighted by atomic mass is 16.1. The molecule has 2 atom stereocenters. The minimum absolute atomic E-state index is 0.0151. The van der Waals surface area contributed by atoms with Crippen LogP contribution in [0.15, 0.2) is 42.5 Å². The van der Waals surface area contributed by atoms with E-state index in [0.29, 0.717) is 17.0 Å². The highest BCUT2D eigenvalue weighted by Crippen LogP contribution is 2.36. The lowest BCUT2D eigenvalue weighted by atomic mass is 9.86. The van der Waals surface area contributed by atoms with Crippen molar-refractivity contribution in [3.63, 3.8) is 0 Å². The molecule has 3 nitrogen and oxygen atoms in total. The third-order valence-corrected chi connectivity index (χ3v) is 5.42. The molecule has 122 valence electrons. The van der Waals surface area contributed by atoms with Gasteiger partial charge in [-0.1, -0.05) is 50.1 Å². The minimum atomic E-state index is -0.0692. The van der Waals surface area contributed by atoms with Gasteiger partial charge in [0.25, 0.3) is 5.91 Å². The van der Waals surface area contributed by atoms with Gasteiger partial charge >= 0.3 is 0 Å². The molecule has 1 saturated carbocycles. The maximum absolute atomic E-state index is 12.6. The predicted molar refractivity (Wildman–Crippen MR) is 94.2 cm³/mol. The number of fused-ring (bicyclic) bond motifs is 3. The van der Waals surface area contributed by atoms with Crippen molar-refractivity contribution in [1.82, 2.24) is 5.32 Å². The van der Waals surface area contributed by atoms with E-state index < -0.39 is 0 Å². The number of nitrogens with one attached hydrogen (secondary N) is 1. The molecule has 0 aliphatic heterocycles. The van der Waals surface area contributed by atoms with Crippen molar-refractivity contribution >= 4 is 11.7 Å². The number of rotatable bonds is 2. The van der Waals surface area contributed by atoms with Crippen molar-refractivity contribution in [1.29, 1.82) is 0 Å². The van der Waals surface area contributed by atoms with Gasteiger partial charge in [0.2, 0.25) is 0 Å². The topological polar surface area (TPSA) is 46.2 Å². The third kappa shape index (κ3) is 2.44. The maximum atomic E-state index is 12.6. The van der Waals surface area contributed by atoms with Gasteiger partial charge in [0, 0.05) is 22.7 Å². The first kappa shape index (κ1) is 15.1. The molecule has 0 aromatic heterocycles. The molecule has 4 rings (SSSR count). The molecule has 2 aromatic carbocycles.